The molecule has 0 aliphatic heterocycles. The maximum Gasteiger partial charge on any atom is 0.270 e. The van der Waals surface area contributed by atoms with Crippen LogP contribution in [0.4, 0.5) is 5.69 Å². The Balaban J connectivity index is 2.33. The highest BCUT2D eigenvalue weighted by atomic mass is 32.2. The van der Waals surface area contributed by atoms with Gasteiger partial charge in [0.25, 0.3) is 5.69 Å². The molecule has 2 rings (SSSR count). The molecule has 168 valence electrons. The summed E-state index contributed by atoms with van der Waals surface area (Å²) < 4.78 is 5.16. The highest BCUT2D eigenvalue weighted by Gasteiger charge is 2.26. The Bertz CT molecular complexity index is 876. The number of rotatable bonds is 13. The van der Waals surface area contributed by atoms with Crippen molar-refractivity contribution in [1.82, 2.24) is 0 Å². The van der Waals surface area contributed by atoms with Gasteiger partial charge in [-0.1, -0.05) is 39.5 Å². The highest BCUT2D eigenvalue weighted by Crippen LogP contribution is 2.33. The molecule has 0 saturated heterocycles. The highest BCUT2D eigenvalue weighted by molar-refractivity contribution is 7.99. The fourth-order valence-corrected chi connectivity index (χ4v) is 4.63. The fraction of sp³-hybridized carbons (Fsp3) is 0.458. The van der Waals surface area contributed by atoms with Gasteiger partial charge in [0, 0.05) is 39.4 Å². The molecular formula is C24H32N2O4S. The lowest BCUT2D eigenvalue weighted by atomic mass is 9.90. The lowest BCUT2D eigenvalue weighted by molar-refractivity contribution is -0.385. The Kier molecular flexibility index (Phi) is 9.52. The average Bonchev–Trinajstić information content (AvgIpc) is 2.79. The van der Waals surface area contributed by atoms with Crippen molar-refractivity contribution in [3.63, 3.8) is 0 Å². The van der Waals surface area contributed by atoms with Gasteiger partial charge in [0.1, 0.15) is 5.75 Å². The van der Waals surface area contributed by atoms with Crippen LogP contribution in [0.15, 0.2) is 47.4 Å². The summed E-state index contributed by atoms with van der Waals surface area (Å²) in [5, 5.41) is 11.3. The fourth-order valence-electron chi connectivity index (χ4n) is 3.38. The molecule has 7 heteroatoms. The van der Waals surface area contributed by atoms with E-state index in [0.717, 1.165) is 38.5 Å². The smallest absolute Gasteiger partial charge is 0.270 e. The molecule has 0 bridgehead atoms. The Hall–Kier alpha value is -2.38. The number of nitro groups is 1. The van der Waals surface area contributed by atoms with E-state index in [2.05, 4.69) is 13.8 Å². The third-order valence-corrected chi connectivity index (χ3v) is 6.71. The Labute approximate surface area is 188 Å². The van der Waals surface area contributed by atoms with Crippen molar-refractivity contribution in [2.75, 3.05) is 12.9 Å². The van der Waals surface area contributed by atoms with Crippen molar-refractivity contribution in [2.24, 2.45) is 5.73 Å². The monoisotopic (exact) mass is 444 g/mol. The van der Waals surface area contributed by atoms with Gasteiger partial charge in [-0.05, 0) is 43.2 Å². The van der Waals surface area contributed by atoms with Crippen LogP contribution in [-0.2, 0) is 0 Å². The van der Waals surface area contributed by atoms with E-state index in [1.165, 1.54) is 23.9 Å². The maximum absolute atomic E-state index is 13.2. The van der Waals surface area contributed by atoms with Crippen molar-refractivity contribution in [1.29, 1.82) is 0 Å². The number of benzene rings is 2. The summed E-state index contributed by atoms with van der Waals surface area (Å²) in [5.41, 5.74) is 7.30. The van der Waals surface area contributed by atoms with Gasteiger partial charge in [-0.25, -0.2) is 0 Å². The van der Waals surface area contributed by atoms with Gasteiger partial charge in [-0.2, -0.15) is 0 Å². The van der Waals surface area contributed by atoms with E-state index in [1.807, 2.05) is 0 Å². The van der Waals surface area contributed by atoms with Gasteiger partial charge < -0.3 is 10.5 Å². The number of nitrogens with zero attached hydrogens (tertiary/aromatic N) is 1. The molecule has 0 radical (unpaired) electrons. The molecule has 2 aromatic rings. The van der Waals surface area contributed by atoms with Crippen LogP contribution < -0.4 is 10.5 Å². The molecule has 0 aliphatic carbocycles. The zero-order chi connectivity index (χ0) is 22.9. The lowest BCUT2D eigenvalue weighted by Crippen LogP contribution is -2.42. The van der Waals surface area contributed by atoms with E-state index in [1.54, 1.807) is 37.4 Å². The van der Waals surface area contributed by atoms with Gasteiger partial charge in [-0.15, -0.1) is 11.8 Å². The molecule has 0 saturated carbocycles. The Morgan fingerprint density at radius 1 is 1.10 bits per heavy atom. The molecular weight excluding hydrogens is 412 g/mol. The zero-order valence-electron chi connectivity index (χ0n) is 18.6. The summed E-state index contributed by atoms with van der Waals surface area (Å²) in [7, 11) is 1.57. The first-order valence-corrected chi connectivity index (χ1v) is 11.7. The molecule has 0 aliphatic rings. The average molecular weight is 445 g/mol. The minimum atomic E-state index is -0.435. The van der Waals surface area contributed by atoms with E-state index in [0.29, 0.717) is 27.5 Å². The Morgan fingerprint density at radius 2 is 1.71 bits per heavy atom. The number of carbonyl (C=O) groups is 1. The number of non-ortho nitro benzene ring substituents is 1. The van der Waals surface area contributed by atoms with Gasteiger partial charge in [0.15, 0.2) is 5.78 Å². The normalized spacial score (nSPS) is 11.4. The number of nitro benzene ring substituents is 1. The van der Waals surface area contributed by atoms with Gasteiger partial charge >= 0.3 is 0 Å². The van der Waals surface area contributed by atoms with E-state index in [4.69, 9.17) is 10.5 Å². The van der Waals surface area contributed by atoms with Gasteiger partial charge in [0.05, 0.1) is 12.0 Å². The molecule has 2 aromatic carbocycles. The molecule has 31 heavy (non-hydrogen) atoms. The largest absolute Gasteiger partial charge is 0.497 e. The first-order valence-electron chi connectivity index (χ1n) is 10.7. The van der Waals surface area contributed by atoms with Crippen LogP contribution in [0.3, 0.4) is 0 Å². The first-order chi connectivity index (χ1) is 14.8. The topological polar surface area (TPSA) is 95.5 Å². The molecule has 0 spiro atoms. The number of nitrogens with two attached hydrogens (primary N) is 1. The van der Waals surface area contributed by atoms with Crippen molar-refractivity contribution < 1.29 is 14.5 Å². The van der Waals surface area contributed by atoms with Crippen LogP contribution in [0, 0.1) is 10.1 Å². The summed E-state index contributed by atoms with van der Waals surface area (Å²) in [5.74, 6) is 1.09. The molecule has 0 heterocycles. The summed E-state index contributed by atoms with van der Waals surface area (Å²) in [6.45, 7) is 4.28. The molecule has 2 N–H and O–H groups in total. The SMILES string of the molecule is CCCCC(N)(CCCC)CSc1cc([N+](=O)[O-])ccc1C(=O)c1ccc(OC)cc1. The quantitative estimate of drug-likeness (QED) is 0.176. The maximum atomic E-state index is 13.2. The summed E-state index contributed by atoms with van der Waals surface area (Å²) >= 11 is 1.44. The van der Waals surface area contributed by atoms with E-state index in [9.17, 15) is 14.9 Å². The van der Waals surface area contributed by atoms with Crippen LogP contribution in [0.2, 0.25) is 0 Å². The number of hydrogen-bond donors (Lipinski definition) is 1. The summed E-state index contributed by atoms with van der Waals surface area (Å²) in [6.07, 6.45) is 5.99. The molecule has 0 atom stereocenters. The third kappa shape index (κ3) is 7.08. The second kappa shape index (κ2) is 11.9. The summed E-state index contributed by atoms with van der Waals surface area (Å²) in [4.78, 5) is 24.7. The van der Waals surface area contributed by atoms with Crippen molar-refractivity contribution >= 4 is 23.2 Å². The Morgan fingerprint density at radius 3 is 2.23 bits per heavy atom. The second-order valence-corrected chi connectivity index (χ2v) is 8.87. The summed E-state index contributed by atoms with van der Waals surface area (Å²) in [6, 6.07) is 11.3. The van der Waals surface area contributed by atoms with Crippen LogP contribution in [-0.4, -0.2) is 29.1 Å². The van der Waals surface area contributed by atoms with Crippen LogP contribution in [0.5, 0.6) is 5.75 Å². The minimum Gasteiger partial charge on any atom is -0.497 e. The number of carbonyl (C=O) groups excluding carboxylic acids is 1. The van der Waals surface area contributed by atoms with Crippen molar-refractivity contribution in [3.8, 4) is 5.75 Å². The molecule has 0 amide bonds. The minimum absolute atomic E-state index is 0.0291. The van der Waals surface area contributed by atoms with Crippen molar-refractivity contribution in [2.45, 2.75) is 62.8 Å². The van der Waals surface area contributed by atoms with Crippen molar-refractivity contribution in [3.05, 3.63) is 63.7 Å². The van der Waals surface area contributed by atoms with Crippen LogP contribution in [0.25, 0.3) is 0 Å². The number of ether oxygens (including phenoxy) is 1. The zero-order valence-corrected chi connectivity index (χ0v) is 19.4. The van der Waals surface area contributed by atoms with Crippen LogP contribution >= 0.6 is 11.8 Å². The predicted molar refractivity (Wildman–Crippen MR) is 126 cm³/mol. The van der Waals surface area contributed by atoms with Gasteiger partial charge in [0.2, 0.25) is 0 Å². The number of unbranched alkanes of at least 4 members (excludes halogenated alkanes) is 2. The van der Waals surface area contributed by atoms with Crippen LogP contribution in [0.1, 0.15) is 68.3 Å². The number of hydrogen-bond acceptors (Lipinski definition) is 6. The van der Waals surface area contributed by atoms with E-state index < -0.39 is 4.92 Å². The molecule has 0 aromatic heterocycles. The van der Waals surface area contributed by atoms with E-state index in [-0.39, 0.29) is 17.0 Å². The van der Waals surface area contributed by atoms with Gasteiger partial charge in [-0.3, -0.25) is 14.9 Å². The molecule has 6 nitrogen and oxygen atoms in total. The first kappa shape index (κ1) is 24.9. The number of thioether (sulfide) groups is 1. The number of methoxy groups -OCH3 is 1. The second-order valence-electron chi connectivity index (χ2n) is 7.85. The predicted octanol–water partition coefficient (Wildman–Crippen LogP) is 6.00. The molecule has 0 unspecified atom stereocenters. The number of ketones is 1. The third-order valence-electron chi connectivity index (χ3n) is 5.34. The lowest BCUT2D eigenvalue weighted by Gasteiger charge is -2.29. The van der Waals surface area contributed by atoms with E-state index >= 15 is 0 Å². The standard InChI is InChI=1S/C24H32N2O4S/c1-4-6-14-24(25,15-7-5-2)17-31-22-16-19(26(28)29)10-13-21(22)23(27)18-8-11-20(30-3)12-9-18/h8-13,16H,4-7,14-15,17,25H2,1-3H3. The molecule has 0 fully saturated rings.